The third-order valence-corrected chi connectivity index (χ3v) is 2.07. The van der Waals surface area contributed by atoms with Crippen LogP contribution in [-0.4, -0.2) is 0 Å². The van der Waals surface area contributed by atoms with E-state index in [9.17, 15) is 0 Å². The molecule has 0 atom stereocenters. The van der Waals surface area contributed by atoms with Gasteiger partial charge in [-0.25, -0.2) is 0 Å². The van der Waals surface area contributed by atoms with Gasteiger partial charge in [0.1, 0.15) is 0 Å². The second-order valence-corrected chi connectivity index (χ2v) is 2.55. The Morgan fingerprint density at radius 2 is 1.75 bits per heavy atom. The van der Waals surface area contributed by atoms with Gasteiger partial charge in [0.25, 0.3) is 0 Å². The zero-order valence-corrected chi connectivity index (χ0v) is 7.09. The number of hydrogen-bond acceptors (Lipinski definition) is 0. The molecule has 0 amide bonds. The van der Waals surface area contributed by atoms with Crippen molar-refractivity contribution in [1.82, 2.24) is 0 Å². The van der Waals surface area contributed by atoms with Gasteiger partial charge in [-0.1, -0.05) is 0 Å². The standard InChI is InChI=1S/C7H11P/c8-6-7-4-2-1-3-5-7/h1-5H,6H2,8H4. The molecule has 0 heterocycles. The SMILES string of the molecule is [PH4]Cc1ccccc1. The first-order valence-electron chi connectivity index (χ1n) is 2.97. The summed E-state index contributed by atoms with van der Waals surface area (Å²) in [5.74, 6) is 0. The number of benzene rings is 1. The van der Waals surface area contributed by atoms with E-state index in [0.29, 0.717) is 0 Å². The Balaban J connectivity index is 2.83. The molecular formula is C7H11P. The Labute approximate surface area is 52.1 Å². The predicted octanol–water partition coefficient (Wildman–Crippen LogP) is 1.53. The fourth-order valence-electron chi connectivity index (χ4n) is 0.714. The summed E-state index contributed by atoms with van der Waals surface area (Å²) in [6.45, 7) is 0. The van der Waals surface area contributed by atoms with Crippen LogP contribution in [0.3, 0.4) is 0 Å². The van der Waals surface area contributed by atoms with E-state index < -0.39 is 0 Å². The number of rotatable bonds is 1. The summed E-state index contributed by atoms with van der Waals surface area (Å²) in [6.07, 6.45) is 1.28. The van der Waals surface area contributed by atoms with Crippen LogP contribution in [0.15, 0.2) is 30.3 Å². The molecule has 0 saturated heterocycles. The molecule has 1 rings (SSSR count). The second kappa shape index (κ2) is 2.84. The van der Waals surface area contributed by atoms with Crippen molar-refractivity contribution in [3.05, 3.63) is 35.9 Å². The molecule has 0 fully saturated rings. The third kappa shape index (κ3) is 1.31. The molecule has 0 aromatic heterocycles. The van der Waals surface area contributed by atoms with Crippen molar-refractivity contribution < 1.29 is 0 Å². The second-order valence-electron chi connectivity index (χ2n) is 1.84. The van der Waals surface area contributed by atoms with Crippen LogP contribution in [-0.2, 0) is 6.16 Å². The first-order valence-corrected chi connectivity index (χ1v) is 4.39. The van der Waals surface area contributed by atoms with Crippen LogP contribution < -0.4 is 0 Å². The van der Waals surface area contributed by atoms with E-state index in [4.69, 9.17) is 0 Å². The van der Waals surface area contributed by atoms with Gasteiger partial charge in [-0.3, -0.25) is 0 Å². The Bertz CT molecular complexity index is 146. The van der Waals surface area contributed by atoms with Gasteiger partial charge < -0.3 is 0 Å². The maximum atomic E-state index is 2.17. The molecule has 0 N–H and O–H groups in total. The van der Waals surface area contributed by atoms with Crippen LogP contribution in [0.1, 0.15) is 5.56 Å². The zero-order chi connectivity index (χ0) is 5.82. The van der Waals surface area contributed by atoms with E-state index in [2.05, 4.69) is 30.3 Å². The average molecular weight is 126 g/mol. The van der Waals surface area contributed by atoms with Crippen LogP contribution in [0.25, 0.3) is 0 Å². The minimum absolute atomic E-state index is 1.28. The van der Waals surface area contributed by atoms with Crippen molar-refractivity contribution in [3.63, 3.8) is 0 Å². The summed E-state index contributed by atoms with van der Waals surface area (Å²) in [6, 6.07) is 10.6. The zero-order valence-electron chi connectivity index (χ0n) is 5.09. The number of hydrogen-bond donors (Lipinski definition) is 0. The van der Waals surface area contributed by atoms with Gasteiger partial charge in [0.2, 0.25) is 0 Å². The van der Waals surface area contributed by atoms with Crippen molar-refractivity contribution in [2.45, 2.75) is 6.16 Å². The van der Waals surface area contributed by atoms with Gasteiger partial charge in [-0.15, -0.1) is 0 Å². The molecule has 1 aromatic rings. The maximum absolute atomic E-state index is 2.17. The fraction of sp³-hybridized carbons (Fsp3) is 0.143. The van der Waals surface area contributed by atoms with E-state index in [1.54, 1.807) is 0 Å². The molecule has 44 valence electrons. The van der Waals surface area contributed by atoms with Crippen molar-refractivity contribution in [2.75, 3.05) is 0 Å². The van der Waals surface area contributed by atoms with E-state index in [1.807, 2.05) is 0 Å². The van der Waals surface area contributed by atoms with Gasteiger partial charge >= 0.3 is 51.3 Å². The molecule has 0 aliphatic carbocycles. The van der Waals surface area contributed by atoms with Crippen LogP contribution in [0.5, 0.6) is 0 Å². The van der Waals surface area contributed by atoms with Crippen LogP contribution >= 0.6 is 9.24 Å². The van der Waals surface area contributed by atoms with Gasteiger partial charge in [-0.05, 0) is 0 Å². The Kier molecular flexibility index (Phi) is 2.05. The summed E-state index contributed by atoms with van der Waals surface area (Å²) >= 11 is 0. The van der Waals surface area contributed by atoms with E-state index in [0.717, 1.165) is 0 Å². The van der Waals surface area contributed by atoms with Crippen molar-refractivity contribution in [2.24, 2.45) is 0 Å². The predicted molar refractivity (Wildman–Crippen MR) is 42.6 cm³/mol. The molecule has 0 saturated carbocycles. The summed E-state index contributed by atoms with van der Waals surface area (Å²) < 4.78 is 0. The Morgan fingerprint density at radius 1 is 1.12 bits per heavy atom. The van der Waals surface area contributed by atoms with Crippen molar-refractivity contribution in [1.29, 1.82) is 0 Å². The van der Waals surface area contributed by atoms with E-state index in [-0.39, 0.29) is 0 Å². The quantitative estimate of drug-likeness (QED) is 0.500. The molecule has 0 spiro atoms. The van der Waals surface area contributed by atoms with Gasteiger partial charge in [0.05, 0.1) is 0 Å². The molecule has 1 heteroatoms. The fourth-order valence-corrected chi connectivity index (χ4v) is 1.19. The van der Waals surface area contributed by atoms with E-state index in [1.165, 1.54) is 21.0 Å². The molecule has 1 aromatic carbocycles. The first-order chi connectivity index (χ1) is 3.93. The topological polar surface area (TPSA) is 0 Å². The van der Waals surface area contributed by atoms with Crippen LogP contribution in [0, 0.1) is 0 Å². The summed E-state index contributed by atoms with van der Waals surface area (Å²) in [5, 5.41) is 0. The monoisotopic (exact) mass is 126 g/mol. The molecule has 8 heavy (non-hydrogen) atoms. The van der Waals surface area contributed by atoms with E-state index >= 15 is 0 Å². The molecule has 0 unspecified atom stereocenters. The first kappa shape index (κ1) is 5.78. The summed E-state index contributed by atoms with van der Waals surface area (Å²) in [5.41, 5.74) is 1.47. The normalized spacial score (nSPS) is 9.25. The van der Waals surface area contributed by atoms with Gasteiger partial charge in [0.15, 0.2) is 0 Å². The molecule has 0 aliphatic rings. The molecule has 0 nitrogen and oxygen atoms in total. The molecular weight excluding hydrogens is 115 g/mol. The summed E-state index contributed by atoms with van der Waals surface area (Å²) in [4.78, 5) is 0. The Morgan fingerprint density at radius 3 is 2.12 bits per heavy atom. The van der Waals surface area contributed by atoms with Gasteiger partial charge in [0, 0.05) is 0 Å². The third-order valence-electron chi connectivity index (χ3n) is 1.25. The van der Waals surface area contributed by atoms with Gasteiger partial charge in [-0.2, -0.15) is 0 Å². The average Bonchev–Trinajstić information content (AvgIpc) is 1.90. The van der Waals surface area contributed by atoms with Crippen molar-refractivity contribution in [3.8, 4) is 0 Å². The Hall–Kier alpha value is -0.350. The minimum atomic E-state index is 1.28. The summed E-state index contributed by atoms with van der Waals surface area (Å²) in [7, 11) is 1.28. The van der Waals surface area contributed by atoms with Crippen LogP contribution in [0.4, 0.5) is 0 Å². The van der Waals surface area contributed by atoms with Crippen LogP contribution in [0.2, 0.25) is 0 Å². The molecule has 0 bridgehead atoms. The molecule has 0 aliphatic heterocycles. The van der Waals surface area contributed by atoms with Crippen molar-refractivity contribution >= 4 is 9.24 Å². The molecule has 0 radical (unpaired) electrons.